The maximum absolute atomic E-state index is 13.6. The second-order valence-electron chi connectivity index (χ2n) is 6.12. The minimum Gasteiger partial charge on any atom is -0.348 e. The van der Waals surface area contributed by atoms with E-state index < -0.39 is 23.3 Å². The fourth-order valence-corrected chi connectivity index (χ4v) is 3.01. The van der Waals surface area contributed by atoms with E-state index in [1.54, 1.807) is 31.2 Å². The van der Waals surface area contributed by atoms with Crippen LogP contribution in [-0.4, -0.2) is 34.8 Å². The molecule has 0 saturated carbocycles. The van der Waals surface area contributed by atoms with E-state index in [-0.39, 0.29) is 6.04 Å². The number of para-hydroxylation sites is 1. The van der Waals surface area contributed by atoms with Crippen LogP contribution in [0.25, 0.3) is 5.69 Å². The number of aromatic nitrogens is 2. The van der Waals surface area contributed by atoms with Gasteiger partial charge < -0.3 is 10.6 Å². The summed E-state index contributed by atoms with van der Waals surface area (Å²) in [4.78, 5) is 12.4. The van der Waals surface area contributed by atoms with Crippen LogP contribution in [0.5, 0.6) is 0 Å². The van der Waals surface area contributed by atoms with E-state index >= 15 is 0 Å². The minimum atomic E-state index is -4.70. The van der Waals surface area contributed by atoms with E-state index in [4.69, 9.17) is 0 Å². The molecular formula is C17H19F3N4O. The first-order valence-electron chi connectivity index (χ1n) is 8.10. The molecule has 0 radical (unpaired) electrons. The van der Waals surface area contributed by atoms with Crippen molar-refractivity contribution in [2.45, 2.75) is 32.0 Å². The van der Waals surface area contributed by atoms with Crippen molar-refractivity contribution in [1.29, 1.82) is 0 Å². The molecule has 1 aromatic carbocycles. The number of amides is 1. The van der Waals surface area contributed by atoms with Crippen LogP contribution in [0.3, 0.4) is 0 Å². The van der Waals surface area contributed by atoms with Gasteiger partial charge in [0.2, 0.25) is 0 Å². The predicted molar refractivity (Wildman–Crippen MR) is 86.7 cm³/mol. The molecule has 0 bridgehead atoms. The van der Waals surface area contributed by atoms with Crippen molar-refractivity contribution in [3.63, 3.8) is 0 Å². The van der Waals surface area contributed by atoms with Gasteiger partial charge in [-0.05, 0) is 37.9 Å². The molecular weight excluding hydrogens is 333 g/mol. The molecule has 3 rings (SSSR count). The van der Waals surface area contributed by atoms with Crippen LogP contribution >= 0.6 is 0 Å². The average molecular weight is 352 g/mol. The molecule has 25 heavy (non-hydrogen) atoms. The summed E-state index contributed by atoms with van der Waals surface area (Å²) in [5.74, 6) is -0.749. The lowest BCUT2D eigenvalue weighted by atomic mass is 10.1. The fourth-order valence-electron chi connectivity index (χ4n) is 3.01. The topological polar surface area (TPSA) is 59.0 Å². The lowest BCUT2D eigenvalue weighted by Crippen LogP contribution is -2.45. The second-order valence-corrected chi connectivity index (χ2v) is 6.12. The third kappa shape index (κ3) is 3.68. The lowest BCUT2D eigenvalue weighted by molar-refractivity contribution is -0.143. The third-order valence-electron chi connectivity index (χ3n) is 4.26. The van der Waals surface area contributed by atoms with Gasteiger partial charge in [-0.3, -0.25) is 4.79 Å². The highest BCUT2D eigenvalue weighted by Gasteiger charge is 2.41. The third-order valence-corrected chi connectivity index (χ3v) is 4.26. The van der Waals surface area contributed by atoms with Gasteiger partial charge in [0.1, 0.15) is 0 Å². The van der Waals surface area contributed by atoms with E-state index in [0.29, 0.717) is 17.8 Å². The maximum atomic E-state index is 13.6. The number of halogens is 3. The highest BCUT2D eigenvalue weighted by molar-refractivity contribution is 5.95. The highest BCUT2D eigenvalue weighted by Crippen LogP contribution is 2.34. The number of aryl methyl sites for hydroxylation is 1. The number of nitrogens with zero attached hydrogens (tertiary/aromatic N) is 2. The number of benzene rings is 1. The fraction of sp³-hybridized carbons (Fsp3) is 0.412. The lowest BCUT2D eigenvalue weighted by Gasteiger charge is -2.24. The summed E-state index contributed by atoms with van der Waals surface area (Å²) in [5.41, 5.74) is -0.572. The number of nitrogens with one attached hydrogen (secondary N) is 2. The molecule has 1 aromatic heterocycles. The summed E-state index contributed by atoms with van der Waals surface area (Å²) in [6.45, 7) is 3.11. The summed E-state index contributed by atoms with van der Waals surface area (Å²) in [7, 11) is 0. The first-order valence-corrected chi connectivity index (χ1v) is 8.10. The molecule has 1 saturated heterocycles. The molecule has 8 heteroatoms. The molecule has 2 heterocycles. The first kappa shape index (κ1) is 17.5. The average Bonchev–Trinajstić information content (AvgIpc) is 3.01. The Hall–Kier alpha value is -2.35. The zero-order valence-corrected chi connectivity index (χ0v) is 13.7. The number of piperidine rings is 1. The van der Waals surface area contributed by atoms with Crippen molar-refractivity contribution in [2.75, 3.05) is 13.1 Å². The van der Waals surface area contributed by atoms with E-state index in [0.717, 1.165) is 30.3 Å². The van der Waals surface area contributed by atoms with Crippen LogP contribution in [0.15, 0.2) is 30.5 Å². The van der Waals surface area contributed by atoms with E-state index in [1.165, 1.54) is 0 Å². The monoisotopic (exact) mass is 352 g/mol. The second kappa shape index (κ2) is 6.87. The summed E-state index contributed by atoms with van der Waals surface area (Å²) in [5, 5.41) is 9.64. The summed E-state index contributed by atoms with van der Waals surface area (Å²) in [6, 6.07) is 6.44. The van der Waals surface area contributed by atoms with Crippen LogP contribution in [0.2, 0.25) is 0 Å². The van der Waals surface area contributed by atoms with Crippen molar-refractivity contribution in [3.8, 4) is 5.69 Å². The molecule has 1 aliphatic heterocycles. The van der Waals surface area contributed by atoms with Gasteiger partial charge in [0.25, 0.3) is 5.91 Å². The predicted octanol–water partition coefficient (Wildman–Crippen LogP) is 2.68. The summed E-state index contributed by atoms with van der Waals surface area (Å²) >= 11 is 0. The van der Waals surface area contributed by atoms with Gasteiger partial charge in [0.05, 0.1) is 17.4 Å². The van der Waals surface area contributed by atoms with Crippen molar-refractivity contribution >= 4 is 5.91 Å². The molecule has 1 atom stereocenters. The van der Waals surface area contributed by atoms with E-state index in [2.05, 4.69) is 15.7 Å². The summed E-state index contributed by atoms with van der Waals surface area (Å²) in [6.07, 6.45) is -2.09. The zero-order chi connectivity index (χ0) is 18.0. The molecule has 1 fully saturated rings. The Kier molecular flexibility index (Phi) is 4.80. The highest BCUT2D eigenvalue weighted by atomic mass is 19.4. The maximum Gasteiger partial charge on any atom is 0.434 e. The molecule has 0 aliphatic carbocycles. The Morgan fingerprint density at radius 3 is 2.76 bits per heavy atom. The molecule has 0 unspecified atom stereocenters. The van der Waals surface area contributed by atoms with Crippen LogP contribution in [0, 0.1) is 6.92 Å². The van der Waals surface area contributed by atoms with Crippen molar-refractivity contribution in [3.05, 3.63) is 47.3 Å². The Labute approximate surface area is 143 Å². The van der Waals surface area contributed by atoms with Crippen LogP contribution in [0.1, 0.15) is 34.5 Å². The van der Waals surface area contributed by atoms with Crippen molar-refractivity contribution < 1.29 is 18.0 Å². The largest absolute Gasteiger partial charge is 0.434 e. The normalized spacial score (nSPS) is 18.2. The Balaban J connectivity index is 1.97. The molecule has 2 N–H and O–H groups in total. The van der Waals surface area contributed by atoms with Gasteiger partial charge in [-0.15, -0.1) is 0 Å². The van der Waals surface area contributed by atoms with Crippen molar-refractivity contribution in [2.24, 2.45) is 0 Å². The van der Waals surface area contributed by atoms with Gasteiger partial charge in [-0.1, -0.05) is 18.2 Å². The van der Waals surface area contributed by atoms with Crippen molar-refractivity contribution in [1.82, 2.24) is 20.4 Å². The molecule has 1 amide bonds. The molecule has 134 valence electrons. The van der Waals surface area contributed by atoms with Crippen LogP contribution < -0.4 is 10.6 Å². The number of carbonyl (C=O) groups excluding carboxylic acids is 1. The van der Waals surface area contributed by atoms with Gasteiger partial charge in [0, 0.05) is 12.6 Å². The number of hydrogen-bond donors (Lipinski definition) is 2. The number of carbonyl (C=O) groups is 1. The smallest absolute Gasteiger partial charge is 0.348 e. The minimum absolute atomic E-state index is 0.177. The van der Waals surface area contributed by atoms with E-state index in [1.807, 2.05) is 0 Å². The quantitative estimate of drug-likeness (QED) is 0.893. The van der Waals surface area contributed by atoms with Gasteiger partial charge in [-0.2, -0.15) is 18.3 Å². The van der Waals surface area contributed by atoms with Gasteiger partial charge >= 0.3 is 6.18 Å². The standard InChI is InChI=1S/C17H19F3N4O/c1-11-5-2-3-7-14(11)24-15(17(18,19)20)13(10-22-24)16(25)23-12-6-4-8-21-9-12/h2-3,5,7,10,12,21H,4,6,8-9H2,1H3,(H,23,25)/t12-/m0/s1. The van der Waals surface area contributed by atoms with Gasteiger partial charge in [0.15, 0.2) is 5.69 Å². The van der Waals surface area contributed by atoms with Crippen LogP contribution in [-0.2, 0) is 6.18 Å². The number of alkyl halides is 3. The Morgan fingerprint density at radius 1 is 1.36 bits per heavy atom. The molecule has 1 aliphatic rings. The van der Waals surface area contributed by atoms with Crippen LogP contribution in [0.4, 0.5) is 13.2 Å². The molecule has 2 aromatic rings. The number of rotatable bonds is 3. The Morgan fingerprint density at radius 2 is 2.12 bits per heavy atom. The molecule has 5 nitrogen and oxygen atoms in total. The summed E-state index contributed by atoms with van der Waals surface area (Å²) < 4.78 is 41.7. The van der Waals surface area contributed by atoms with E-state index in [9.17, 15) is 18.0 Å². The zero-order valence-electron chi connectivity index (χ0n) is 13.7. The first-order chi connectivity index (χ1) is 11.9. The Bertz CT molecular complexity index is 763. The van der Waals surface area contributed by atoms with Gasteiger partial charge in [-0.25, -0.2) is 4.68 Å². The SMILES string of the molecule is Cc1ccccc1-n1ncc(C(=O)N[C@H]2CCCNC2)c1C(F)(F)F. The number of hydrogen-bond acceptors (Lipinski definition) is 3. The molecule has 0 spiro atoms.